The minimum atomic E-state index is -2.48. The van der Waals surface area contributed by atoms with Gasteiger partial charge in [0, 0.05) is 22.4 Å². The van der Waals surface area contributed by atoms with Crippen molar-refractivity contribution >= 4 is 46.5 Å². The number of amides is 2. The van der Waals surface area contributed by atoms with Gasteiger partial charge in [-0.15, -0.1) is 0 Å². The predicted octanol–water partition coefficient (Wildman–Crippen LogP) is 9.12. The number of rotatable bonds is 15. The third kappa shape index (κ3) is 9.87. The third-order valence-electron chi connectivity index (χ3n) is 9.09. The Morgan fingerprint density at radius 1 is 0.800 bits per heavy atom. The molecule has 0 aromatic heterocycles. The van der Waals surface area contributed by atoms with Crippen molar-refractivity contribution < 1.29 is 33.8 Å². The zero-order chi connectivity index (χ0) is 37.7. The molecule has 2 amide bonds. The standard InChI is InChI=1S/C40H51ClN2O7/c1-11-38(7,8)27-18-21-32(31(23-27)39(9,10)12-2)49-25(3)22-33(44)42-28-14-13-15-29(24-28)43-36(48)40(41,35(47)37(4,5)6)50-30-19-16-26(17-20-30)34(45)46/h13-21,23-25H,11-12,22H2,1-10H3,(H,42,44)(H,43,48)(H,45,46). The van der Waals surface area contributed by atoms with Gasteiger partial charge >= 0.3 is 11.0 Å². The first kappa shape index (κ1) is 40.1. The van der Waals surface area contributed by atoms with Gasteiger partial charge in [0.15, 0.2) is 0 Å². The first-order valence-corrected chi connectivity index (χ1v) is 17.3. The lowest BCUT2D eigenvalue weighted by Gasteiger charge is -2.31. The molecule has 0 aliphatic heterocycles. The number of aromatic carboxylic acids is 1. The summed E-state index contributed by atoms with van der Waals surface area (Å²) in [6.07, 6.45) is 1.56. The van der Waals surface area contributed by atoms with Crippen molar-refractivity contribution in [1.29, 1.82) is 0 Å². The smallest absolute Gasteiger partial charge is 0.335 e. The van der Waals surface area contributed by atoms with Crippen LogP contribution >= 0.6 is 11.6 Å². The minimum Gasteiger partial charge on any atom is -0.490 e. The van der Waals surface area contributed by atoms with E-state index < -0.39 is 34.2 Å². The summed E-state index contributed by atoms with van der Waals surface area (Å²) in [5.41, 5.74) is 1.84. The highest BCUT2D eigenvalue weighted by atomic mass is 35.5. The van der Waals surface area contributed by atoms with Crippen molar-refractivity contribution in [3.8, 4) is 11.5 Å². The second-order valence-corrected chi connectivity index (χ2v) is 15.5. The molecule has 3 aromatic rings. The van der Waals surface area contributed by atoms with E-state index in [9.17, 15) is 24.3 Å². The molecule has 0 spiro atoms. The van der Waals surface area contributed by atoms with Crippen molar-refractivity contribution in [2.75, 3.05) is 10.6 Å². The van der Waals surface area contributed by atoms with Crippen LogP contribution in [0.3, 0.4) is 0 Å². The number of Topliss-reactive ketones (excluding diaryl/α,β-unsaturated/α-hetero) is 1. The molecule has 0 aliphatic carbocycles. The van der Waals surface area contributed by atoms with E-state index in [1.54, 1.807) is 39.0 Å². The summed E-state index contributed by atoms with van der Waals surface area (Å²) in [5.74, 6) is -2.31. The number of carbonyl (C=O) groups is 4. The van der Waals surface area contributed by atoms with E-state index in [1.807, 2.05) is 13.0 Å². The lowest BCUT2D eigenvalue weighted by molar-refractivity contribution is -0.144. The molecule has 3 N–H and O–H groups in total. The van der Waals surface area contributed by atoms with Crippen LogP contribution in [0.5, 0.6) is 11.5 Å². The normalized spacial score (nSPS) is 13.8. The van der Waals surface area contributed by atoms with Gasteiger partial charge < -0.3 is 25.2 Å². The van der Waals surface area contributed by atoms with E-state index in [0.717, 1.165) is 24.2 Å². The van der Waals surface area contributed by atoms with Crippen LogP contribution in [0.2, 0.25) is 0 Å². The van der Waals surface area contributed by atoms with Gasteiger partial charge in [-0.3, -0.25) is 14.4 Å². The number of carbonyl (C=O) groups excluding carboxylic acids is 3. The van der Waals surface area contributed by atoms with Crippen LogP contribution < -0.4 is 20.1 Å². The largest absolute Gasteiger partial charge is 0.490 e. The van der Waals surface area contributed by atoms with Crippen LogP contribution in [0.25, 0.3) is 0 Å². The van der Waals surface area contributed by atoms with E-state index in [0.29, 0.717) is 5.69 Å². The van der Waals surface area contributed by atoms with Crippen molar-refractivity contribution in [3.63, 3.8) is 0 Å². The maximum atomic E-state index is 13.6. The summed E-state index contributed by atoms with van der Waals surface area (Å²) in [7, 11) is 0. The van der Waals surface area contributed by atoms with Gasteiger partial charge in [0.05, 0.1) is 12.0 Å². The van der Waals surface area contributed by atoms with E-state index >= 15 is 0 Å². The van der Waals surface area contributed by atoms with Crippen molar-refractivity contribution in [2.45, 2.75) is 110 Å². The lowest BCUT2D eigenvalue weighted by atomic mass is 9.76. The first-order chi connectivity index (χ1) is 23.1. The number of anilines is 2. The lowest BCUT2D eigenvalue weighted by Crippen LogP contribution is -2.54. The van der Waals surface area contributed by atoms with Gasteiger partial charge in [0.2, 0.25) is 11.7 Å². The first-order valence-electron chi connectivity index (χ1n) is 16.9. The van der Waals surface area contributed by atoms with Gasteiger partial charge in [-0.1, -0.05) is 92.1 Å². The van der Waals surface area contributed by atoms with Gasteiger partial charge in [-0.25, -0.2) is 4.79 Å². The average Bonchev–Trinajstić information content (AvgIpc) is 3.04. The van der Waals surface area contributed by atoms with Crippen molar-refractivity contribution in [3.05, 3.63) is 83.4 Å². The molecule has 0 radical (unpaired) electrons. The third-order valence-corrected chi connectivity index (χ3v) is 9.51. The van der Waals surface area contributed by atoms with Gasteiger partial charge in [-0.2, -0.15) is 0 Å². The van der Waals surface area contributed by atoms with Crippen LogP contribution in [0, 0.1) is 5.41 Å². The highest BCUT2D eigenvalue weighted by molar-refractivity contribution is 6.47. The fourth-order valence-corrected chi connectivity index (χ4v) is 5.52. The van der Waals surface area contributed by atoms with Crippen LogP contribution in [-0.2, 0) is 25.2 Å². The Labute approximate surface area is 301 Å². The topological polar surface area (TPSA) is 131 Å². The van der Waals surface area contributed by atoms with E-state index in [4.69, 9.17) is 21.1 Å². The predicted molar refractivity (Wildman–Crippen MR) is 199 cm³/mol. The molecule has 10 heteroatoms. The van der Waals surface area contributed by atoms with Crippen molar-refractivity contribution in [2.24, 2.45) is 5.41 Å². The van der Waals surface area contributed by atoms with Crippen LogP contribution in [0.15, 0.2) is 66.7 Å². The Morgan fingerprint density at radius 2 is 1.38 bits per heavy atom. The number of hydrogen-bond acceptors (Lipinski definition) is 6. The number of carboxylic acids is 1. The minimum absolute atomic E-state index is 0.000628. The molecule has 0 saturated heterocycles. The molecule has 2 atom stereocenters. The Bertz CT molecular complexity index is 1710. The number of ketones is 1. The van der Waals surface area contributed by atoms with Gasteiger partial charge in [0.1, 0.15) is 17.6 Å². The molecule has 0 fully saturated rings. The van der Waals surface area contributed by atoms with Crippen LogP contribution in [0.1, 0.15) is 110 Å². The molecule has 2 unspecified atom stereocenters. The molecular weight excluding hydrogens is 656 g/mol. The fraction of sp³-hybridized carbons (Fsp3) is 0.450. The Balaban J connectivity index is 1.75. The van der Waals surface area contributed by atoms with E-state index in [-0.39, 0.29) is 40.2 Å². The second kappa shape index (κ2) is 15.7. The monoisotopic (exact) mass is 706 g/mol. The fourth-order valence-electron chi connectivity index (χ4n) is 5.10. The number of alkyl halides is 1. The number of carboxylic acid groups (broad SMARTS) is 1. The van der Waals surface area contributed by atoms with Crippen molar-refractivity contribution in [1.82, 2.24) is 0 Å². The Hall–Kier alpha value is -4.37. The molecule has 50 heavy (non-hydrogen) atoms. The van der Waals surface area contributed by atoms with E-state index in [2.05, 4.69) is 64.3 Å². The molecule has 270 valence electrons. The number of hydrogen-bond donors (Lipinski definition) is 3. The molecule has 0 aliphatic rings. The van der Waals surface area contributed by atoms with Gasteiger partial charge in [-0.05, 0) is 84.7 Å². The SMILES string of the molecule is CCC(C)(C)c1ccc(OC(C)CC(=O)Nc2cccc(NC(=O)C(Cl)(Oc3ccc(C(=O)O)cc3)C(=O)C(C)(C)C)c2)c(C(C)(C)CC)c1. The maximum Gasteiger partial charge on any atom is 0.335 e. The molecule has 0 heterocycles. The number of benzene rings is 3. The Morgan fingerprint density at radius 3 is 1.92 bits per heavy atom. The molecular formula is C40H51ClN2O7. The molecule has 3 aromatic carbocycles. The molecule has 0 saturated carbocycles. The summed E-state index contributed by atoms with van der Waals surface area (Å²) in [5, 5.41) is 12.2. The second-order valence-electron chi connectivity index (χ2n) is 15.0. The summed E-state index contributed by atoms with van der Waals surface area (Å²) in [4.78, 5) is 51.4. The molecule has 3 rings (SSSR count). The van der Waals surface area contributed by atoms with Gasteiger partial charge in [0.25, 0.3) is 5.91 Å². The highest BCUT2D eigenvalue weighted by Gasteiger charge is 2.51. The molecule has 9 nitrogen and oxygen atoms in total. The summed E-state index contributed by atoms with van der Waals surface area (Å²) in [6.45, 7) is 19.8. The zero-order valence-electron chi connectivity index (χ0n) is 30.8. The summed E-state index contributed by atoms with van der Waals surface area (Å²) in [6, 6.07) is 18.0. The van der Waals surface area contributed by atoms with Crippen LogP contribution in [0.4, 0.5) is 11.4 Å². The highest BCUT2D eigenvalue weighted by Crippen LogP contribution is 2.39. The number of ether oxygens (including phenoxy) is 2. The summed E-state index contributed by atoms with van der Waals surface area (Å²) >= 11 is 6.66. The van der Waals surface area contributed by atoms with E-state index in [1.165, 1.54) is 35.9 Å². The molecule has 0 bridgehead atoms. The maximum absolute atomic E-state index is 13.6. The zero-order valence-corrected chi connectivity index (χ0v) is 31.6. The summed E-state index contributed by atoms with van der Waals surface area (Å²) < 4.78 is 12.1. The average molecular weight is 707 g/mol. The van der Waals surface area contributed by atoms with Crippen LogP contribution in [-0.4, -0.2) is 39.8 Å². The number of halogens is 1. The quantitative estimate of drug-likeness (QED) is 0.106. The Kier molecular flexibility index (Phi) is 12.6. The number of nitrogens with one attached hydrogen (secondary N) is 2.